The van der Waals surface area contributed by atoms with Crippen LogP contribution in [0, 0.1) is 11.2 Å². The summed E-state index contributed by atoms with van der Waals surface area (Å²) in [5.74, 6) is -3.34. The largest absolute Gasteiger partial charge is 0.481 e. The van der Waals surface area contributed by atoms with E-state index in [1.54, 1.807) is 0 Å². The minimum atomic E-state index is -5.04. The highest BCUT2D eigenvalue weighted by molar-refractivity contribution is 5.94. The fourth-order valence-electron chi connectivity index (χ4n) is 2.43. The van der Waals surface area contributed by atoms with Gasteiger partial charge < -0.3 is 10.4 Å². The number of carbonyl (C=O) groups is 2. The molecule has 11 heteroatoms. The molecule has 1 saturated carbocycles. The molecule has 0 atom stereocenters. The molecular formula is C15H12F4N4O3. The lowest BCUT2D eigenvalue weighted by Gasteiger charge is -2.13. The zero-order valence-corrected chi connectivity index (χ0v) is 13.0. The molecule has 0 spiro atoms. The van der Waals surface area contributed by atoms with Gasteiger partial charge in [-0.3, -0.25) is 9.59 Å². The second-order valence-corrected chi connectivity index (χ2v) is 5.92. The van der Waals surface area contributed by atoms with Gasteiger partial charge in [-0.25, -0.2) is 9.07 Å². The minimum Gasteiger partial charge on any atom is -0.481 e. The Morgan fingerprint density at radius 2 is 1.92 bits per heavy atom. The van der Waals surface area contributed by atoms with Gasteiger partial charge in [0.25, 0.3) is 5.91 Å². The molecule has 3 rings (SSSR count). The van der Waals surface area contributed by atoms with E-state index in [1.165, 1.54) is 12.1 Å². The van der Waals surface area contributed by atoms with Crippen LogP contribution in [0.15, 0.2) is 24.3 Å². The number of carboxylic acid groups (broad SMARTS) is 1. The number of nitrogens with zero attached hydrogens (tertiary/aromatic N) is 3. The number of benzene rings is 1. The quantitative estimate of drug-likeness (QED) is 0.783. The lowest BCUT2D eigenvalue weighted by molar-refractivity contribution is -0.144. The van der Waals surface area contributed by atoms with Crippen LogP contribution in [0.2, 0.25) is 0 Å². The molecule has 0 radical (unpaired) electrons. The number of hydrogen-bond acceptors (Lipinski definition) is 4. The van der Waals surface area contributed by atoms with E-state index in [1.807, 2.05) is 0 Å². The van der Waals surface area contributed by atoms with Crippen molar-refractivity contribution < 1.29 is 32.3 Å². The zero-order valence-electron chi connectivity index (χ0n) is 13.0. The molecule has 1 aliphatic carbocycles. The molecule has 1 aliphatic rings. The SMILES string of the molecule is O=C(NCC1(C(=O)O)CC1)c1nnn(-c2ccccc2F)c1C(F)(F)F. The number of para-hydroxylation sites is 1. The number of hydrogen-bond donors (Lipinski definition) is 2. The predicted octanol–water partition coefficient (Wildman–Crippen LogP) is 2.02. The Morgan fingerprint density at radius 3 is 2.46 bits per heavy atom. The van der Waals surface area contributed by atoms with Crippen molar-refractivity contribution in [2.45, 2.75) is 19.0 Å². The molecular weight excluding hydrogens is 360 g/mol. The van der Waals surface area contributed by atoms with Crippen molar-refractivity contribution in [3.8, 4) is 5.69 Å². The van der Waals surface area contributed by atoms with Crippen molar-refractivity contribution in [3.63, 3.8) is 0 Å². The van der Waals surface area contributed by atoms with Crippen LogP contribution in [0.1, 0.15) is 29.0 Å². The molecule has 138 valence electrons. The first-order valence-electron chi connectivity index (χ1n) is 7.45. The van der Waals surface area contributed by atoms with E-state index < -0.39 is 46.4 Å². The third-order valence-electron chi connectivity index (χ3n) is 4.13. The molecule has 0 aliphatic heterocycles. The molecule has 1 aromatic carbocycles. The maximum Gasteiger partial charge on any atom is 0.435 e. The smallest absolute Gasteiger partial charge is 0.435 e. The van der Waals surface area contributed by atoms with Crippen LogP contribution < -0.4 is 5.32 Å². The van der Waals surface area contributed by atoms with Gasteiger partial charge in [0.05, 0.1) is 5.41 Å². The third kappa shape index (κ3) is 3.11. The standard InChI is InChI=1S/C15H12F4N4O3/c16-8-3-1-2-4-9(8)23-11(15(17,18)19)10(21-22-23)12(24)20-7-14(5-6-14)13(25)26/h1-4H,5-7H2,(H,20,24)(H,25,26). The van der Waals surface area contributed by atoms with E-state index in [2.05, 4.69) is 15.6 Å². The normalized spacial score (nSPS) is 15.5. The Bertz CT molecular complexity index is 874. The van der Waals surface area contributed by atoms with Crippen LogP contribution in [-0.4, -0.2) is 38.5 Å². The van der Waals surface area contributed by atoms with Gasteiger partial charge in [0.15, 0.2) is 11.4 Å². The van der Waals surface area contributed by atoms with Gasteiger partial charge in [0.2, 0.25) is 0 Å². The molecule has 1 fully saturated rings. The number of aromatic nitrogens is 3. The summed E-state index contributed by atoms with van der Waals surface area (Å²) in [4.78, 5) is 23.2. The summed E-state index contributed by atoms with van der Waals surface area (Å²) in [6.07, 6.45) is -4.41. The zero-order chi connectivity index (χ0) is 19.1. The lowest BCUT2D eigenvalue weighted by Crippen LogP contribution is -2.35. The third-order valence-corrected chi connectivity index (χ3v) is 4.13. The van der Waals surface area contributed by atoms with Crippen LogP contribution in [0.25, 0.3) is 5.69 Å². The second kappa shape index (κ2) is 6.07. The van der Waals surface area contributed by atoms with E-state index in [0.29, 0.717) is 12.8 Å². The number of carbonyl (C=O) groups excluding carboxylic acids is 1. The van der Waals surface area contributed by atoms with Gasteiger partial charge in [0, 0.05) is 6.54 Å². The summed E-state index contributed by atoms with van der Waals surface area (Å²) in [7, 11) is 0. The molecule has 2 N–H and O–H groups in total. The number of nitrogens with one attached hydrogen (secondary N) is 1. The molecule has 0 bridgehead atoms. The summed E-state index contributed by atoms with van der Waals surface area (Å²) < 4.78 is 54.3. The fourth-order valence-corrected chi connectivity index (χ4v) is 2.43. The first kappa shape index (κ1) is 17.8. The molecule has 26 heavy (non-hydrogen) atoms. The van der Waals surface area contributed by atoms with Crippen molar-refractivity contribution >= 4 is 11.9 Å². The van der Waals surface area contributed by atoms with Crippen molar-refractivity contribution in [2.24, 2.45) is 5.41 Å². The minimum absolute atomic E-state index is 0.203. The average Bonchev–Trinajstić information content (AvgIpc) is 3.22. The maximum atomic E-state index is 13.8. The Balaban J connectivity index is 1.94. The highest BCUT2D eigenvalue weighted by Crippen LogP contribution is 2.45. The Labute approximate surface area is 143 Å². The van der Waals surface area contributed by atoms with Gasteiger partial charge in [-0.15, -0.1) is 5.10 Å². The monoisotopic (exact) mass is 372 g/mol. The number of amides is 1. The van der Waals surface area contributed by atoms with E-state index in [0.717, 1.165) is 12.1 Å². The molecule has 2 aromatic rings. The number of alkyl halides is 3. The van der Waals surface area contributed by atoms with Crippen LogP contribution in [0.4, 0.5) is 17.6 Å². The van der Waals surface area contributed by atoms with Crippen molar-refractivity contribution in [2.75, 3.05) is 6.54 Å². The van der Waals surface area contributed by atoms with Crippen molar-refractivity contribution in [3.05, 3.63) is 41.5 Å². The second-order valence-electron chi connectivity index (χ2n) is 5.92. The summed E-state index contributed by atoms with van der Waals surface area (Å²) >= 11 is 0. The van der Waals surface area contributed by atoms with Gasteiger partial charge >= 0.3 is 12.1 Å². The summed E-state index contributed by atoms with van der Waals surface area (Å²) in [6, 6.07) is 4.60. The Hall–Kier alpha value is -2.98. The summed E-state index contributed by atoms with van der Waals surface area (Å²) in [5, 5.41) is 17.7. The number of aliphatic carboxylic acids is 1. The van der Waals surface area contributed by atoms with Crippen molar-refractivity contribution in [1.29, 1.82) is 0 Å². The van der Waals surface area contributed by atoms with Crippen LogP contribution in [0.5, 0.6) is 0 Å². The molecule has 7 nitrogen and oxygen atoms in total. The molecule has 0 saturated heterocycles. The van der Waals surface area contributed by atoms with Gasteiger partial charge in [-0.2, -0.15) is 13.2 Å². The summed E-state index contributed by atoms with van der Waals surface area (Å²) in [6.45, 7) is -0.328. The van der Waals surface area contributed by atoms with Crippen molar-refractivity contribution in [1.82, 2.24) is 20.3 Å². The van der Waals surface area contributed by atoms with E-state index in [-0.39, 0.29) is 11.2 Å². The Kier molecular flexibility index (Phi) is 4.17. The highest BCUT2D eigenvalue weighted by atomic mass is 19.4. The van der Waals surface area contributed by atoms with Crippen LogP contribution >= 0.6 is 0 Å². The van der Waals surface area contributed by atoms with Gasteiger partial charge in [-0.1, -0.05) is 17.3 Å². The fraction of sp³-hybridized carbons (Fsp3) is 0.333. The first-order valence-corrected chi connectivity index (χ1v) is 7.45. The highest BCUT2D eigenvalue weighted by Gasteiger charge is 2.51. The number of rotatable bonds is 5. The van der Waals surface area contributed by atoms with Gasteiger partial charge in [0.1, 0.15) is 11.5 Å². The molecule has 1 amide bonds. The number of carboxylic acids is 1. The van der Waals surface area contributed by atoms with E-state index >= 15 is 0 Å². The summed E-state index contributed by atoms with van der Waals surface area (Å²) in [5.41, 5.74) is -4.27. The molecule has 1 heterocycles. The molecule has 1 aromatic heterocycles. The Morgan fingerprint density at radius 1 is 1.27 bits per heavy atom. The number of halogens is 4. The predicted molar refractivity (Wildman–Crippen MR) is 78.0 cm³/mol. The maximum absolute atomic E-state index is 13.8. The molecule has 0 unspecified atom stereocenters. The topological polar surface area (TPSA) is 97.1 Å². The average molecular weight is 372 g/mol. The van der Waals surface area contributed by atoms with E-state index in [4.69, 9.17) is 5.11 Å². The van der Waals surface area contributed by atoms with Gasteiger partial charge in [-0.05, 0) is 25.0 Å². The first-order chi connectivity index (χ1) is 12.2. The van der Waals surface area contributed by atoms with E-state index in [9.17, 15) is 27.2 Å². The van der Waals surface area contributed by atoms with Crippen LogP contribution in [-0.2, 0) is 11.0 Å². The lowest BCUT2D eigenvalue weighted by atomic mass is 10.1. The van der Waals surface area contributed by atoms with Crippen LogP contribution in [0.3, 0.4) is 0 Å².